The summed E-state index contributed by atoms with van der Waals surface area (Å²) in [5, 5.41) is 25.5. The number of rotatable bonds is 3. The first-order valence-corrected chi connectivity index (χ1v) is 8.46. The van der Waals surface area contributed by atoms with Crippen molar-refractivity contribution in [2.45, 2.75) is 23.9 Å². The standard InChI is InChI=1S/C13H11N5O2S2/c1-2-10-14-15-13-16(10)17-11(22-13)7-21-12(17)8-4-3-5-9(6-8)18(19)20/h3-7,12H,2H2,1H3. The summed E-state index contributed by atoms with van der Waals surface area (Å²) < 4.78 is 2.01. The second-order valence-electron chi connectivity index (χ2n) is 4.81. The van der Waals surface area contributed by atoms with Crippen LogP contribution in [0.15, 0.2) is 39.9 Å². The maximum Gasteiger partial charge on any atom is 0.269 e. The van der Waals surface area contributed by atoms with Crippen LogP contribution >= 0.6 is 23.5 Å². The van der Waals surface area contributed by atoms with Crippen LogP contribution < -0.4 is 5.01 Å². The number of benzene rings is 1. The minimum atomic E-state index is -0.363. The maximum atomic E-state index is 11.0. The van der Waals surface area contributed by atoms with E-state index >= 15 is 0 Å². The Morgan fingerprint density at radius 3 is 3.05 bits per heavy atom. The summed E-state index contributed by atoms with van der Waals surface area (Å²) in [5.74, 6) is 0.892. The summed E-state index contributed by atoms with van der Waals surface area (Å²) >= 11 is 3.21. The fourth-order valence-electron chi connectivity index (χ4n) is 2.53. The van der Waals surface area contributed by atoms with Gasteiger partial charge in [-0.05, 0) is 17.3 Å². The van der Waals surface area contributed by atoms with Crippen LogP contribution in [0.3, 0.4) is 0 Å². The van der Waals surface area contributed by atoms with Crippen LogP contribution in [0.1, 0.15) is 23.7 Å². The van der Waals surface area contributed by atoms with E-state index in [0.29, 0.717) is 0 Å². The van der Waals surface area contributed by atoms with E-state index < -0.39 is 0 Å². The zero-order valence-electron chi connectivity index (χ0n) is 11.5. The van der Waals surface area contributed by atoms with Crippen molar-refractivity contribution in [3.8, 4) is 0 Å². The summed E-state index contributed by atoms with van der Waals surface area (Å²) in [4.78, 5) is 10.6. The van der Waals surface area contributed by atoms with Crippen LogP contribution in [-0.2, 0) is 6.42 Å². The van der Waals surface area contributed by atoms with Gasteiger partial charge >= 0.3 is 0 Å². The Hall–Kier alpha value is -2.00. The maximum absolute atomic E-state index is 11.0. The summed E-state index contributed by atoms with van der Waals surface area (Å²) in [5.41, 5.74) is 1.01. The number of nitrogens with zero attached hydrogens (tertiary/aromatic N) is 5. The fraction of sp³-hybridized carbons (Fsp3) is 0.231. The molecule has 0 saturated carbocycles. The van der Waals surface area contributed by atoms with Gasteiger partial charge in [0.25, 0.3) is 5.69 Å². The van der Waals surface area contributed by atoms with Gasteiger partial charge in [0.05, 0.1) is 4.92 Å². The van der Waals surface area contributed by atoms with Gasteiger partial charge in [-0.1, -0.05) is 30.8 Å². The lowest BCUT2D eigenvalue weighted by molar-refractivity contribution is -0.384. The van der Waals surface area contributed by atoms with Gasteiger partial charge in [-0.15, -0.1) is 10.2 Å². The molecule has 1 aromatic carbocycles. The van der Waals surface area contributed by atoms with Crippen LogP contribution in [-0.4, -0.2) is 19.8 Å². The SMILES string of the molecule is CCc1nnc2n1N1C(=CSC1c1cccc([N+](=O)[O-])c1)S2. The summed E-state index contributed by atoms with van der Waals surface area (Å²) in [6.07, 6.45) is 0.781. The largest absolute Gasteiger partial charge is 0.269 e. The smallest absolute Gasteiger partial charge is 0.258 e. The van der Waals surface area contributed by atoms with Crippen molar-refractivity contribution in [2.75, 3.05) is 5.01 Å². The molecule has 0 radical (unpaired) electrons. The number of aromatic nitrogens is 3. The molecule has 112 valence electrons. The second kappa shape index (κ2) is 5.03. The van der Waals surface area contributed by atoms with Crippen LogP contribution in [0.25, 0.3) is 0 Å². The molecule has 9 heteroatoms. The molecular formula is C13H11N5O2S2. The highest BCUT2D eigenvalue weighted by Crippen LogP contribution is 2.51. The number of nitro groups is 1. The molecule has 0 fully saturated rings. The Bertz CT molecular complexity index is 803. The minimum Gasteiger partial charge on any atom is -0.258 e. The van der Waals surface area contributed by atoms with E-state index in [-0.39, 0.29) is 16.0 Å². The molecule has 0 saturated heterocycles. The third-order valence-electron chi connectivity index (χ3n) is 3.52. The Balaban J connectivity index is 1.76. The van der Waals surface area contributed by atoms with Crippen LogP contribution in [0.4, 0.5) is 5.69 Å². The highest BCUT2D eigenvalue weighted by molar-refractivity contribution is 8.07. The number of hydrogen-bond donors (Lipinski definition) is 0. The van der Waals surface area contributed by atoms with Crippen LogP contribution in [0.5, 0.6) is 0 Å². The molecule has 4 rings (SSSR count). The molecule has 2 aliphatic heterocycles. The highest BCUT2D eigenvalue weighted by atomic mass is 32.2. The van der Waals surface area contributed by atoms with E-state index in [2.05, 4.69) is 20.6 Å². The van der Waals surface area contributed by atoms with Crippen LogP contribution in [0.2, 0.25) is 0 Å². The summed E-state index contributed by atoms with van der Waals surface area (Å²) in [6.45, 7) is 2.04. The van der Waals surface area contributed by atoms with Gasteiger partial charge in [-0.25, -0.2) is 4.68 Å². The number of non-ortho nitro benzene ring substituents is 1. The van der Waals surface area contributed by atoms with Gasteiger partial charge in [-0.2, -0.15) is 0 Å². The van der Waals surface area contributed by atoms with Crippen molar-refractivity contribution in [3.63, 3.8) is 0 Å². The Labute approximate surface area is 134 Å². The third kappa shape index (κ3) is 1.92. The van der Waals surface area contributed by atoms with E-state index in [1.165, 1.54) is 6.07 Å². The molecule has 3 heterocycles. The van der Waals surface area contributed by atoms with Gasteiger partial charge < -0.3 is 0 Å². The quantitative estimate of drug-likeness (QED) is 0.631. The normalized spacial score (nSPS) is 19.0. The van der Waals surface area contributed by atoms with Crippen molar-refractivity contribution in [1.29, 1.82) is 0 Å². The topological polar surface area (TPSA) is 77.1 Å². The first-order chi connectivity index (χ1) is 10.7. The Morgan fingerprint density at radius 2 is 2.27 bits per heavy atom. The number of aryl methyl sites for hydroxylation is 1. The average molecular weight is 333 g/mol. The Kier molecular flexibility index (Phi) is 3.12. The average Bonchev–Trinajstić information content (AvgIpc) is 3.17. The van der Waals surface area contributed by atoms with Crippen molar-refractivity contribution < 1.29 is 4.92 Å². The lowest BCUT2D eigenvalue weighted by atomic mass is 10.2. The monoisotopic (exact) mass is 333 g/mol. The number of fused-ring (bicyclic) bond motifs is 3. The molecule has 22 heavy (non-hydrogen) atoms. The lowest BCUT2D eigenvalue weighted by Gasteiger charge is -2.25. The predicted molar refractivity (Wildman–Crippen MR) is 85.0 cm³/mol. The van der Waals surface area contributed by atoms with Gasteiger partial charge in [0.1, 0.15) is 10.4 Å². The lowest BCUT2D eigenvalue weighted by Crippen LogP contribution is -2.30. The number of hydrogen-bond acceptors (Lipinski definition) is 7. The fourth-order valence-corrected chi connectivity index (χ4v) is 4.76. The van der Waals surface area contributed by atoms with Crippen molar-refractivity contribution in [1.82, 2.24) is 14.9 Å². The molecule has 1 unspecified atom stereocenters. The zero-order chi connectivity index (χ0) is 15.3. The zero-order valence-corrected chi connectivity index (χ0v) is 13.2. The van der Waals surface area contributed by atoms with E-state index in [1.54, 1.807) is 35.7 Å². The highest BCUT2D eigenvalue weighted by Gasteiger charge is 2.39. The van der Waals surface area contributed by atoms with Gasteiger partial charge in [-0.3, -0.25) is 15.1 Å². The second-order valence-corrected chi connectivity index (χ2v) is 6.75. The Morgan fingerprint density at radius 1 is 1.41 bits per heavy atom. The summed E-state index contributed by atoms with van der Waals surface area (Å²) in [7, 11) is 0. The van der Waals surface area contributed by atoms with Crippen molar-refractivity contribution >= 4 is 29.2 Å². The van der Waals surface area contributed by atoms with E-state index in [0.717, 1.165) is 28.0 Å². The summed E-state index contributed by atoms with van der Waals surface area (Å²) in [6, 6.07) is 6.79. The van der Waals surface area contributed by atoms with Gasteiger partial charge in [0.15, 0.2) is 5.82 Å². The number of thioether (sulfide) groups is 2. The molecule has 0 spiro atoms. The molecule has 2 aromatic rings. The van der Waals surface area contributed by atoms with Crippen LogP contribution in [0, 0.1) is 10.1 Å². The minimum absolute atomic E-state index is 0.0371. The molecule has 0 bridgehead atoms. The molecular weight excluding hydrogens is 322 g/mol. The van der Waals surface area contributed by atoms with Crippen molar-refractivity contribution in [3.05, 3.63) is 56.2 Å². The molecule has 0 amide bonds. The molecule has 7 nitrogen and oxygen atoms in total. The van der Waals surface area contributed by atoms with Crippen molar-refractivity contribution in [2.24, 2.45) is 0 Å². The number of nitro benzene ring substituents is 1. The molecule has 0 aliphatic carbocycles. The van der Waals surface area contributed by atoms with E-state index in [1.807, 2.05) is 17.7 Å². The van der Waals surface area contributed by atoms with E-state index in [9.17, 15) is 10.1 Å². The molecule has 1 atom stereocenters. The first-order valence-electron chi connectivity index (χ1n) is 6.70. The predicted octanol–water partition coefficient (Wildman–Crippen LogP) is 3.04. The third-order valence-corrected chi connectivity index (χ3v) is 5.71. The molecule has 0 N–H and O–H groups in total. The molecule has 2 aliphatic rings. The molecule has 1 aromatic heterocycles. The van der Waals surface area contributed by atoms with Gasteiger partial charge in [0.2, 0.25) is 5.16 Å². The van der Waals surface area contributed by atoms with E-state index in [4.69, 9.17) is 0 Å². The first kappa shape index (κ1) is 13.6. The van der Waals surface area contributed by atoms with Gasteiger partial charge in [0, 0.05) is 24.0 Å².